The Balaban J connectivity index is 2.25. The van der Waals surface area contributed by atoms with Crippen LogP contribution in [0.15, 0.2) is 18.2 Å². The summed E-state index contributed by atoms with van der Waals surface area (Å²) in [6.07, 6.45) is 2.32. The summed E-state index contributed by atoms with van der Waals surface area (Å²) >= 11 is 0. The molecule has 1 heterocycles. The van der Waals surface area contributed by atoms with Gasteiger partial charge in [0.15, 0.2) is 0 Å². The Morgan fingerprint density at radius 1 is 1.44 bits per heavy atom. The Morgan fingerprint density at radius 3 is 2.94 bits per heavy atom. The van der Waals surface area contributed by atoms with Gasteiger partial charge in [-0.15, -0.1) is 0 Å². The smallest absolute Gasteiger partial charge is 0.119 e. The van der Waals surface area contributed by atoms with Crippen LogP contribution in [0.3, 0.4) is 0 Å². The van der Waals surface area contributed by atoms with Gasteiger partial charge in [0.25, 0.3) is 0 Å². The van der Waals surface area contributed by atoms with Crippen molar-refractivity contribution in [2.75, 3.05) is 13.7 Å². The molecule has 0 saturated heterocycles. The zero-order valence-corrected chi connectivity index (χ0v) is 10.4. The number of benzene rings is 1. The molecule has 1 aromatic rings. The molecule has 1 aliphatic heterocycles. The molecule has 0 bridgehead atoms. The molecule has 0 aliphatic carbocycles. The molecule has 0 amide bonds. The highest BCUT2D eigenvalue weighted by atomic mass is 16.5. The second-order valence-corrected chi connectivity index (χ2v) is 4.95. The van der Waals surface area contributed by atoms with E-state index in [1.807, 2.05) is 0 Å². The van der Waals surface area contributed by atoms with Gasteiger partial charge in [-0.3, -0.25) is 0 Å². The van der Waals surface area contributed by atoms with Gasteiger partial charge >= 0.3 is 0 Å². The number of nitrogens with one attached hydrogen (secondary N) is 1. The molecule has 2 heteroatoms. The van der Waals surface area contributed by atoms with Gasteiger partial charge in [0.1, 0.15) is 5.75 Å². The first-order chi connectivity index (χ1) is 7.70. The highest BCUT2D eigenvalue weighted by molar-refractivity contribution is 5.39. The lowest BCUT2D eigenvalue weighted by atomic mass is 9.89. The molecule has 16 heavy (non-hydrogen) atoms. The van der Waals surface area contributed by atoms with Gasteiger partial charge in [-0.2, -0.15) is 0 Å². The maximum atomic E-state index is 5.28. The highest BCUT2D eigenvalue weighted by Gasteiger charge is 2.20. The van der Waals surface area contributed by atoms with Crippen LogP contribution in [0.2, 0.25) is 0 Å². The second kappa shape index (κ2) is 4.88. The zero-order valence-electron chi connectivity index (χ0n) is 10.4. The lowest BCUT2D eigenvalue weighted by molar-refractivity contribution is 0.402. The van der Waals surface area contributed by atoms with E-state index in [1.165, 1.54) is 17.5 Å². The standard InChI is InChI=1S/C14H21NO/c1-10(2)8-14-13-5-4-12(16-3)9-11(13)6-7-15-14/h4-5,9-10,14-15H,6-8H2,1-3H3. The van der Waals surface area contributed by atoms with Crippen molar-refractivity contribution in [3.63, 3.8) is 0 Å². The first-order valence-corrected chi connectivity index (χ1v) is 6.11. The molecule has 0 spiro atoms. The third-order valence-corrected chi connectivity index (χ3v) is 3.22. The average Bonchev–Trinajstić information content (AvgIpc) is 2.28. The molecule has 2 rings (SSSR count). The summed E-state index contributed by atoms with van der Waals surface area (Å²) in [7, 11) is 1.73. The summed E-state index contributed by atoms with van der Waals surface area (Å²) in [6, 6.07) is 6.99. The van der Waals surface area contributed by atoms with E-state index in [0.29, 0.717) is 6.04 Å². The van der Waals surface area contributed by atoms with E-state index < -0.39 is 0 Å². The van der Waals surface area contributed by atoms with Gasteiger partial charge in [0.05, 0.1) is 7.11 Å². The van der Waals surface area contributed by atoms with E-state index in [0.717, 1.165) is 24.6 Å². The van der Waals surface area contributed by atoms with Crippen LogP contribution in [-0.4, -0.2) is 13.7 Å². The fourth-order valence-corrected chi connectivity index (χ4v) is 2.44. The summed E-state index contributed by atoms with van der Waals surface area (Å²) < 4.78 is 5.28. The van der Waals surface area contributed by atoms with E-state index >= 15 is 0 Å². The minimum Gasteiger partial charge on any atom is -0.497 e. The summed E-state index contributed by atoms with van der Waals surface area (Å²) in [4.78, 5) is 0. The minimum absolute atomic E-state index is 0.523. The lowest BCUT2D eigenvalue weighted by Crippen LogP contribution is -2.30. The van der Waals surface area contributed by atoms with E-state index in [4.69, 9.17) is 4.74 Å². The second-order valence-electron chi connectivity index (χ2n) is 4.95. The van der Waals surface area contributed by atoms with Gasteiger partial charge in [0, 0.05) is 6.04 Å². The largest absolute Gasteiger partial charge is 0.497 e. The third-order valence-electron chi connectivity index (χ3n) is 3.22. The molecule has 88 valence electrons. The van der Waals surface area contributed by atoms with Crippen molar-refractivity contribution in [2.24, 2.45) is 5.92 Å². The van der Waals surface area contributed by atoms with Crippen molar-refractivity contribution < 1.29 is 4.74 Å². The number of ether oxygens (including phenoxy) is 1. The summed E-state index contributed by atoms with van der Waals surface area (Å²) in [5, 5.41) is 3.60. The van der Waals surface area contributed by atoms with Crippen molar-refractivity contribution in [1.82, 2.24) is 5.32 Å². The van der Waals surface area contributed by atoms with E-state index in [9.17, 15) is 0 Å². The van der Waals surface area contributed by atoms with E-state index in [1.54, 1.807) is 7.11 Å². The van der Waals surface area contributed by atoms with Crippen LogP contribution in [0.25, 0.3) is 0 Å². The quantitative estimate of drug-likeness (QED) is 0.844. The van der Waals surface area contributed by atoms with Gasteiger partial charge in [-0.25, -0.2) is 0 Å². The van der Waals surface area contributed by atoms with Crippen LogP contribution >= 0.6 is 0 Å². The Bertz CT molecular complexity index is 360. The summed E-state index contributed by atoms with van der Waals surface area (Å²) in [5.74, 6) is 1.70. The maximum absolute atomic E-state index is 5.28. The predicted octanol–water partition coefficient (Wildman–Crippen LogP) is 2.93. The van der Waals surface area contributed by atoms with Crippen molar-refractivity contribution >= 4 is 0 Å². The fourth-order valence-electron chi connectivity index (χ4n) is 2.44. The SMILES string of the molecule is COc1ccc2c(c1)CCNC2CC(C)C. The summed E-state index contributed by atoms with van der Waals surface area (Å²) in [5.41, 5.74) is 2.91. The highest BCUT2D eigenvalue weighted by Crippen LogP contribution is 2.30. The van der Waals surface area contributed by atoms with Crippen LogP contribution in [-0.2, 0) is 6.42 Å². The van der Waals surface area contributed by atoms with Crippen molar-refractivity contribution in [3.05, 3.63) is 29.3 Å². The first-order valence-electron chi connectivity index (χ1n) is 6.11. The van der Waals surface area contributed by atoms with Gasteiger partial charge < -0.3 is 10.1 Å². The number of fused-ring (bicyclic) bond motifs is 1. The first kappa shape index (κ1) is 11.5. The number of rotatable bonds is 3. The van der Waals surface area contributed by atoms with Crippen molar-refractivity contribution in [2.45, 2.75) is 32.7 Å². The molecule has 0 saturated carbocycles. The molecule has 1 aromatic carbocycles. The van der Waals surface area contributed by atoms with Crippen LogP contribution in [0.5, 0.6) is 5.75 Å². The van der Waals surface area contributed by atoms with E-state index in [2.05, 4.69) is 37.4 Å². The molecular formula is C14H21NO. The van der Waals surface area contributed by atoms with Crippen LogP contribution in [0.1, 0.15) is 37.4 Å². The normalized spacial score (nSPS) is 19.6. The Morgan fingerprint density at radius 2 is 2.25 bits per heavy atom. The Hall–Kier alpha value is -1.02. The topological polar surface area (TPSA) is 21.3 Å². The maximum Gasteiger partial charge on any atom is 0.119 e. The molecular weight excluding hydrogens is 198 g/mol. The van der Waals surface area contributed by atoms with Crippen LogP contribution < -0.4 is 10.1 Å². The lowest BCUT2D eigenvalue weighted by Gasteiger charge is -2.28. The van der Waals surface area contributed by atoms with Crippen LogP contribution in [0.4, 0.5) is 0 Å². The molecule has 0 aromatic heterocycles. The molecule has 1 atom stereocenters. The number of methoxy groups -OCH3 is 1. The van der Waals surface area contributed by atoms with E-state index in [-0.39, 0.29) is 0 Å². The molecule has 0 radical (unpaired) electrons. The van der Waals surface area contributed by atoms with Gasteiger partial charge in [-0.05, 0) is 48.6 Å². The average molecular weight is 219 g/mol. The molecule has 1 aliphatic rings. The molecule has 1 unspecified atom stereocenters. The zero-order chi connectivity index (χ0) is 11.5. The monoisotopic (exact) mass is 219 g/mol. The Labute approximate surface area is 98.0 Å². The Kier molecular flexibility index (Phi) is 3.49. The fraction of sp³-hybridized carbons (Fsp3) is 0.571. The number of hydrogen-bond donors (Lipinski definition) is 1. The van der Waals surface area contributed by atoms with Crippen molar-refractivity contribution in [1.29, 1.82) is 0 Å². The van der Waals surface area contributed by atoms with Gasteiger partial charge in [0.2, 0.25) is 0 Å². The molecule has 1 N–H and O–H groups in total. The van der Waals surface area contributed by atoms with Gasteiger partial charge in [-0.1, -0.05) is 19.9 Å². The van der Waals surface area contributed by atoms with Crippen molar-refractivity contribution in [3.8, 4) is 5.75 Å². The number of hydrogen-bond acceptors (Lipinski definition) is 2. The predicted molar refractivity (Wildman–Crippen MR) is 66.9 cm³/mol. The van der Waals surface area contributed by atoms with Crippen LogP contribution in [0, 0.1) is 5.92 Å². The minimum atomic E-state index is 0.523. The third kappa shape index (κ3) is 2.38. The molecule has 0 fully saturated rings. The molecule has 2 nitrogen and oxygen atoms in total. The summed E-state index contributed by atoms with van der Waals surface area (Å²) in [6.45, 7) is 5.64.